The third-order valence-corrected chi connectivity index (χ3v) is 9.50. The van der Waals surface area contributed by atoms with Crippen LogP contribution >= 0.6 is 0 Å². The van der Waals surface area contributed by atoms with Crippen LogP contribution in [0.15, 0.2) is 66.7 Å². The number of hydrogen-bond donors (Lipinski definition) is 3. The predicted octanol–water partition coefficient (Wildman–Crippen LogP) is 5.09. The molecule has 7 nitrogen and oxygen atoms in total. The monoisotopic (exact) mass is 580 g/mol. The molecular formula is C32H37FN2O5S. The molecule has 1 aliphatic carbocycles. The van der Waals surface area contributed by atoms with E-state index in [9.17, 15) is 27.8 Å². The Balaban J connectivity index is 1.66. The summed E-state index contributed by atoms with van der Waals surface area (Å²) in [7, 11) is -3.46. The third kappa shape index (κ3) is 6.32. The number of nitrogens with zero attached hydrogens (tertiary/aromatic N) is 1. The number of phenolic OH excluding ortho intramolecular Hbond substituents is 2. The zero-order chi connectivity index (χ0) is 29.3. The SMILES string of the molecule is Cc1c(F)cccc1[C@H]1[C@@H](C(=O)c2cccc(O)c2)CN(C2CCCCC2NS(C)(=O)=O)C[C@@H]1c1ccccc1O. The van der Waals surface area contributed by atoms with E-state index in [1.54, 1.807) is 37.3 Å². The minimum Gasteiger partial charge on any atom is -0.508 e. The van der Waals surface area contributed by atoms with E-state index in [-0.39, 0.29) is 35.2 Å². The minimum absolute atomic E-state index is 0.0241. The number of para-hydroxylation sites is 1. The van der Waals surface area contributed by atoms with E-state index in [1.807, 2.05) is 18.2 Å². The van der Waals surface area contributed by atoms with Gasteiger partial charge in [0.25, 0.3) is 0 Å². The van der Waals surface area contributed by atoms with Gasteiger partial charge in [-0.15, -0.1) is 0 Å². The molecule has 3 aromatic rings. The maximum atomic E-state index is 15.0. The molecule has 0 spiro atoms. The van der Waals surface area contributed by atoms with Gasteiger partial charge in [0, 0.05) is 48.5 Å². The van der Waals surface area contributed by atoms with Crippen LogP contribution in [-0.4, -0.2) is 60.7 Å². The van der Waals surface area contributed by atoms with Gasteiger partial charge < -0.3 is 10.2 Å². The topological polar surface area (TPSA) is 107 Å². The Morgan fingerprint density at radius 2 is 1.66 bits per heavy atom. The molecule has 218 valence electrons. The number of Topliss-reactive ketones (excluding diaryl/α,β-unsaturated/α-hetero) is 1. The molecule has 0 bridgehead atoms. The number of rotatable bonds is 7. The fourth-order valence-electron chi connectivity index (χ4n) is 6.95. The first-order valence-corrected chi connectivity index (χ1v) is 16.0. The van der Waals surface area contributed by atoms with Crippen LogP contribution in [-0.2, 0) is 10.0 Å². The van der Waals surface area contributed by atoms with Gasteiger partial charge in [0.1, 0.15) is 17.3 Å². The number of phenols is 2. The Morgan fingerprint density at radius 3 is 2.39 bits per heavy atom. The minimum atomic E-state index is -3.46. The first-order chi connectivity index (χ1) is 19.5. The van der Waals surface area contributed by atoms with Crippen LogP contribution in [0.2, 0.25) is 0 Å². The van der Waals surface area contributed by atoms with Crippen LogP contribution in [0.3, 0.4) is 0 Å². The van der Waals surface area contributed by atoms with Crippen molar-refractivity contribution < 1.29 is 27.8 Å². The molecule has 5 atom stereocenters. The van der Waals surface area contributed by atoms with Crippen molar-refractivity contribution in [1.82, 2.24) is 9.62 Å². The molecule has 0 amide bonds. The highest BCUT2D eigenvalue weighted by atomic mass is 32.2. The van der Waals surface area contributed by atoms with Crippen LogP contribution in [0.4, 0.5) is 4.39 Å². The number of aromatic hydroxyl groups is 2. The number of nitrogens with one attached hydrogen (secondary N) is 1. The summed E-state index contributed by atoms with van der Waals surface area (Å²) in [5, 5.41) is 21.2. The number of carbonyl (C=O) groups is 1. The van der Waals surface area contributed by atoms with E-state index in [2.05, 4.69) is 9.62 Å². The summed E-state index contributed by atoms with van der Waals surface area (Å²) >= 11 is 0. The van der Waals surface area contributed by atoms with Gasteiger partial charge in [-0.25, -0.2) is 17.5 Å². The number of ketones is 1. The van der Waals surface area contributed by atoms with Gasteiger partial charge in [0.15, 0.2) is 5.78 Å². The standard InChI is InChI=1S/C32H37FN2O5S/c1-20-23(12-8-13-27(20)33)31-25(24-11-3-6-16-30(24)37)18-35(29-15-5-4-14-28(29)34-41(2,39)40)19-26(31)32(38)21-9-7-10-22(36)17-21/h3,6-13,16-17,25-26,28-29,31,34,36-37H,4-5,14-15,18-19H2,1-2H3/t25-,26+,28?,29?,31-/m1/s1. The summed E-state index contributed by atoms with van der Waals surface area (Å²) in [5.74, 6) is -2.01. The van der Waals surface area contributed by atoms with Gasteiger partial charge in [-0.2, -0.15) is 0 Å². The number of piperidine rings is 1. The molecule has 2 unspecified atom stereocenters. The summed E-state index contributed by atoms with van der Waals surface area (Å²) in [6, 6.07) is 17.7. The molecular weight excluding hydrogens is 543 g/mol. The van der Waals surface area contributed by atoms with E-state index in [4.69, 9.17) is 0 Å². The lowest BCUT2D eigenvalue weighted by atomic mass is 9.67. The Morgan fingerprint density at radius 1 is 0.951 bits per heavy atom. The number of halogens is 1. The highest BCUT2D eigenvalue weighted by Crippen LogP contribution is 2.48. The van der Waals surface area contributed by atoms with E-state index in [1.165, 1.54) is 18.2 Å². The van der Waals surface area contributed by atoms with Crippen LogP contribution in [0.25, 0.3) is 0 Å². The Hall–Kier alpha value is -3.27. The summed E-state index contributed by atoms with van der Waals surface area (Å²) in [6.45, 7) is 2.49. The normalized spacial score (nSPS) is 25.6. The van der Waals surface area contributed by atoms with Crippen molar-refractivity contribution in [3.63, 3.8) is 0 Å². The maximum Gasteiger partial charge on any atom is 0.209 e. The van der Waals surface area contributed by atoms with Gasteiger partial charge in [-0.1, -0.05) is 55.3 Å². The van der Waals surface area contributed by atoms with Gasteiger partial charge in [0.2, 0.25) is 10.0 Å². The molecule has 5 rings (SSSR count). The van der Waals surface area contributed by atoms with Gasteiger partial charge >= 0.3 is 0 Å². The summed E-state index contributed by atoms with van der Waals surface area (Å²) in [4.78, 5) is 16.5. The zero-order valence-corrected chi connectivity index (χ0v) is 24.1. The summed E-state index contributed by atoms with van der Waals surface area (Å²) in [6.07, 6.45) is 4.44. The first-order valence-electron chi connectivity index (χ1n) is 14.1. The number of sulfonamides is 1. The quantitative estimate of drug-likeness (QED) is 0.336. The van der Waals surface area contributed by atoms with Crippen molar-refractivity contribution in [2.75, 3.05) is 19.3 Å². The van der Waals surface area contributed by atoms with Crippen LogP contribution in [0, 0.1) is 18.7 Å². The number of benzene rings is 3. The second kappa shape index (κ2) is 11.9. The van der Waals surface area contributed by atoms with E-state index in [0.717, 1.165) is 25.5 Å². The molecule has 1 saturated heterocycles. The van der Waals surface area contributed by atoms with Crippen LogP contribution in [0.1, 0.15) is 64.6 Å². The van der Waals surface area contributed by atoms with Gasteiger partial charge in [-0.3, -0.25) is 9.69 Å². The molecule has 3 aromatic carbocycles. The lowest BCUT2D eigenvalue weighted by Crippen LogP contribution is -2.58. The Kier molecular flexibility index (Phi) is 8.50. The Bertz CT molecular complexity index is 1530. The maximum absolute atomic E-state index is 15.0. The molecule has 1 heterocycles. The second-order valence-electron chi connectivity index (χ2n) is 11.5. The Labute approximate surface area is 241 Å². The van der Waals surface area contributed by atoms with E-state index in [0.29, 0.717) is 41.8 Å². The molecule has 2 aliphatic rings. The number of likely N-dealkylation sites (tertiary alicyclic amines) is 1. The number of carbonyl (C=O) groups excluding carboxylic acids is 1. The van der Waals surface area contributed by atoms with Crippen molar-refractivity contribution in [1.29, 1.82) is 0 Å². The molecule has 41 heavy (non-hydrogen) atoms. The van der Waals surface area contributed by atoms with Crippen molar-refractivity contribution in [2.45, 2.75) is 56.5 Å². The second-order valence-corrected chi connectivity index (χ2v) is 13.2. The molecule has 3 N–H and O–H groups in total. The van der Waals surface area contributed by atoms with Gasteiger partial charge in [-0.05, 0) is 60.7 Å². The van der Waals surface area contributed by atoms with Crippen LogP contribution in [0.5, 0.6) is 11.5 Å². The average molecular weight is 581 g/mol. The first kappa shape index (κ1) is 29.2. The molecule has 0 aromatic heterocycles. The predicted molar refractivity (Wildman–Crippen MR) is 156 cm³/mol. The number of hydrogen-bond acceptors (Lipinski definition) is 6. The van der Waals surface area contributed by atoms with Crippen molar-refractivity contribution in [2.24, 2.45) is 5.92 Å². The van der Waals surface area contributed by atoms with Gasteiger partial charge in [0.05, 0.1) is 6.26 Å². The molecule has 1 aliphatic heterocycles. The zero-order valence-electron chi connectivity index (χ0n) is 23.3. The molecule has 2 fully saturated rings. The van der Waals surface area contributed by atoms with E-state index < -0.39 is 27.8 Å². The fourth-order valence-corrected chi connectivity index (χ4v) is 7.77. The third-order valence-electron chi connectivity index (χ3n) is 8.77. The lowest BCUT2D eigenvalue weighted by Gasteiger charge is -2.49. The highest BCUT2D eigenvalue weighted by molar-refractivity contribution is 7.88. The lowest BCUT2D eigenvalue weighted by molar-refractivity contribution is 0.0482. The molecule has 1 saturated carbocycles. The smallest absolute Gasteiger partial charge is 0.209 e. The largest absolute Gasteiger partial charge is 0.508 e. The van der Waals surface area contributed by atoms with Crippen LogP contribution < -0.4 is 4.72 Å². The summed E-state index contributed by atoms with van der Waals surface area (Å²) in [5.41, 5.74) is 2.16. The van der Waals surface area contributed by atoms with E-state index >= 15 is 0 Å². The molecule has 9 heteroatoms. The molecule has 0 radical (unpaired) electrons. The summed E-state index contributed by atoms with van der Waals surface area (Å²) < 4.78 is 42.4. The van der Waals surface area contributed by atoms with Crippen molar-refractivity contribution in [3.8, 4) is 11.5 Å². The fraction of sp³-hybridized carbons (Fsp3) is 0.406. The van der Waals surface area contributed by atoms with Crippen molar-refractivity contribution >= 4 is 15.8 Å². The van der Waals surface area contributed by atoms with Crippen molar-refractivity contribution in [3.05, 3.63) is 94.8 Å². The highest BCUT2D eigenvalue weighted by Gasteiger charge is 2.46. The average Bonchev–Trinajstić information content (AvgIpc) is 2.93.